The first kappa shape index (κ1) is 10.1. The van der Waals surface area contributed by atoms with E-state index >= 15 is 0 Å². The highest BCUT2D eigenvalue weighted by Crippen LogP contribution is 2.02. The van der Waals surface area contributed by atoms with Crippen LogP contribution in [0.25, 0.3) is 0 Å². The molecule has 0 aliphatic heterocycles. The number of nitrogens with zero attached hydrogens (tertiary/aromatic N) is 2. The number of aromatic nitrogens is 2. The summed E-state index contributed by atoms with van der Waals surface area (Å²) in [6.07, 6.45) is 2.95. The molecule has 3 N–H and O–H groups in total. The van der Waals surface area contributed by atoms with Gasteiger partial charge in [-0.25, -0.2) is 0 Å². The van der Waals surface area contributed by atoms with E-state index in [9.17, 15) is 0 Å². The molecule has 0 atom stereocenters. The third-order valence-corrected chi connectivity index (χ3v) is 1.66. The lowest BCUT2D eigenvalue weighted by Gasteiger charge is -1.89. The van der Waals surface area contributed by atoms with Gasteiger partial charge < -0.3 is 15.4 Å². The molecule has 1 rings (SSSR count). The van der Waals surface area contributed by atoms with Crippen LogP contribution in [-0.2, 0) is 12.8 Å². The molecular formula is C8H15N3O2. The molecule has 0 aliphatic rings. The minimum absolute atomic E-state index is 0.159. The first-order valence-corrected chi connectivity index (χ1v) is 4.49. The average Bonchev–Trinajstić information content (AvgIpc) is 2.59. The van der Waals surface area contributed by atoms with Gasteiger partial charge in [-0.3, -0.25) is 0 Å². The van der Waals surface area contributed by atoms with E-state index in [0.717, 1.165) is 12.8 Å². The number of nitrogens with two attached hydrogens (primary N) is 1. The Morgan fingerprint density at radius 1 is 1.31 bits per heavy atom. The maximum Gasteiger partial charge on any atom is 0.226 e. The third kappa shape index (κ3) is 3.52. The maximum absolute atomic E-state index is 8.57. The molecule has 0 radical (unpaired) electrons. The molecule has 0 spiro atoms. The zero-order valence-electron chi connectivity index (χ0n) is 7.57. The van der Waals surface area contributed by atoms with Crippen LogP contribution in [0.1, 0.15) is 24.6 Å². The molecule has 5 nitrogen and oxygen atoms in total. The van der Waals surface area contributed by atoms with E-state index in [2.05, 4.69) is 10.1 Å². The van der Waals surface area contributed by atoms with Crippen LogP contribution in [-0.4, -0.2) is 28.4 Å². The maximum atomic E-state index is 8.57. The Labute approximate surface area is 76.9 Å². The van der Waals surface area contributed by atoms with Crippen molar-refractivity contribution in [3.8, 4) is 0 Å². The second kappa shape index (κ2) is 5.66. The minimum Gasteiger partial charge on any atom is -0.396 e. The van der Waals surface area contributed by atoms with Gasteiger partial charge in [-0.2, -0.15) is 4.98 Å². The molecule has 1 aromatic heterocycles. The number of hydrogen-bond acceptors (Lipinski definition) is 5. The van der Waals surface area contributed by atoms with Crippen molar-refractivity contribution in [1.29, 1.82) is 0 Å². The highest BCUT2D eigenvalue weighted by Gasteiger charge is 2.04. The number of rotatable bonds is 6. The van der Waals surface area contributed by atoms with Gasteiger partial charge in [-0.15, -0.1) is 0 Å². The third-order valence-electron chi connectivity index (χ3n) is 1.66. The van der Waals surface area contributed by atoms with E-state index in [1.54, 1.807) is 0 Å². The van der Waals surface area contributed by atoms with Gasteiger partial charge in [0.05, 0.1) is 0 Å². The first-order chi connectivity index (χ1) is 6.36. The van der Waals surface area contributed by atoms with Crippen LogP contribution in [0.2, 0.25) is 0 Å². The summed E-state index contributed by atoms with van der Waals surface area (Å²) in [5.74, 6) is 1.31. The van der Waals surface area contributed by atoms with Crippen LogP contribution in [0.15, 0.2) is 4.52 Å². The Bertz CT molecular complexity index is 215. The van der Waals surface area contributed by atoms with Crippen molar-refractivity contribution in [3.05, 3.63) is 11.7 Å². The van der Waals surface area contributed by atoms with Crippen LogP contribution in [0, 0.1) is 0 Å². The molecule has 0 saturated carbocycles. The Morgan fingerprint density at radius 2 is 2.15 bits per heavy atom. The molecule has 0 amide bonds. The summed E-state index contributed by atoms with van der Waals surface area (Å²) in [6, 6.07) is 0. The number of aryl methyl sites for hydroxylation is 2. The molecule has 0 fully saturated rings. The molecule has 13 heavy (non-hydrogen) atoms. The normalized spacial score (nSPS) is 10.6. The summed E-state index contributed by atoms with van der Waals surface area (Å²) in [5, 5.41) is 12.3. The Balaban J connectivity index is 2.34. The van der Waals surface area contributed by atoms with Crippen LogP contribution in [0.5, 0.6) is 0 Å². The highest BCUT2D eigenvalue weighted by atomic mass is 16.5. The van der Waals surface area contributed by atoms with Gasteiger partial charge in [0.1, 0.15) is 0 Å². The summed E-state index contributed by atoms with van der Waals surface area (Å²) in [7, 11) is 0. The molecule has 0 unspecified atom stereocenters. The second-order valence-electron chi connectivity index (χ2n) is 2.82. The largest absolute Gasteiger partial charge is 0.396 e. The minimum atomic E-state index is 0.159. The molecule has 1 aromatic rings. The molecule has 0 bridgehead atoms. The lowest BCUT2D eigenvalue weighted by atomic mass is 10.3. The summed E-state index contributed by atoms with van der Waals surface area (Å²) >= 11 is 0. The Kier molecular flexibility index (Phi) is 4.42. The molecule has 1 heterocycles. The van der Waals surface area contributed by atoms with Crippen molar-refractivity contribution in [2.45, 2.75) is 25.7 Å². The van der Waals surface area contributed by atoms with Crippen LogP contribution < -0.4 is 5.73 Å². The highest BCUT2D eigenvalue weighted by molar-refractivity contribution is 4.86. The Morgan fingerprint density at radius 3 is 2.85 bits per heavy atom. The van der Waals surface area contributed by atoms with Gasteiger partial charge >= 0.3 is 0 Å². The number of aliphatic hydroxyl groups excluding tert-OH is 1. The van der Waals surface area contributed by atoms with Gasteiger partial charge in [-0.1, -0.05) is 5.16 Å². The van der Waals surface area contributed by atoms with Crippen molar-refractivity contribution in [2.24, 2.45) is 5.73 Å². The average molecular weight is 185 g/mol. The fourth-order valence-corrected chi connectivity index (χ4v) is 0.984. The van der Waals surface area contributed by atoms with E-state index < -0.39 is 0 Å². The van der Waals surface area contributed by atoms with Crippen molar-refractivity contribution >= 4 is 0 Å². The van der Waals surface area contributed by atoms with Crippen molar-refractivity contribution in [3.63, 3.8) is 0 Å². The molecular weight excluding hydrogens is 170 g/mol. The van der Waals surface area contributed by atoms with E-state index in [0.29, 0.717) is 31.1 Å². The molecule has 0 saturated heterocycles. The quantitative estimate of drug-likeness (QED) is 0.645. The van der Waals surface area contributed by atoms with Gasteiger partial charge in [0, 0.05) is 19.4 Å². The van der Waals surface area contributed by atoms with Crippen molar-refractivity contribution in [2.75, 3.05) is 13.2 Å². The molecule has 0 aromatic carbocycles. The summed E-state index contributed by atoms with van der Waals surface area (Å²) < 4.78 is 4.97. The van der Waals surface area contributed by atoms with Crippen molar-refractivity contribution < 1.29 is 9.63 Å². The monoisotopic (exact) mass is 185 g/mol. The fourth-order valence-electron chi connectivity index (χ4n) is 0.984. The van der Waals surface area contributed by atoms with Crippen LogP contribution in [0.3, 0.4) is 0 Å². The number of aliphatic hydroxyl groups is 1. The lowest BCUT2D eigenvalue weighted by Crippen LogP contribution is -2.00. The van der Waals surface area contributed by atoms with E-state index in [1.165, 1.54) is 0 Å². The van der Waals surface area contributed by atoms with Crippen LogP contribution in [0.4, 0.5) is 0 Å². The van der Waals surface area contributed by atoms with Gasteiger partial charge in [0.25, 0.3) is 0 Å². The lowest BCUT2D eigenvalue weighted by molar-refractivity contribution is 0.286. The summed E-state index contributed by atoms with van der Waals surface area (Å²) in [4.78, 5) is 4.14. The zero-order chi connectivity index (χ0) is 9.52. The predicted octanol–water partition coefficient (Wildman–Crippen LogP) is -0.114. The molecule has 0 aliphatic carbocycles. The smallest absolute Gasteiger partial charge is 0.226 e. The summed E-state index contributed by atoms with van der Waals surface area (Å²) in [6.45, 7) is 0.793. The molecule has 5 heteroatoms. The zero-order valence-corrected chi connectivity index (χ0v) is 7.57. The van der Waals surface area contributed by atoms with Crippen LogP contribution >= 0.6 is 0 Å². The van der Waals surface area contributed by atoms with E-state index in [4.69, 9.17) is 15.4 Å². The topological polar surface area (TPSA) is 85.2 Å². The van der Waals surface area contributed by atoms with E-state index in [-0.39, 0.29) is 6.61 Å². The number of hydrogen-bond donors (Lipinski definition) is 2. The first-order valence-electron chi connectivity index (χ1n) is 4.49. The predicted molar refractivity (Wildman–Crippen MR) is 47.1 cm³/mol. The standard InChI is InChI=1S/C8H15N3O2/c9-5-1-4-8-10-7(11-13-8)3-2-6-12/h12H,1-6,9H2. The van der Waals surface area contributed by atoms with E-state index in [1.807, 2.05) is 0 Å². The van der Waals surface area contributed by atoms with Gasteiger partial charge in [0.15, 0.2) is 5.82 Å². The second-order valence-corrected chi connectivity index (χ2v) is 2.82. The molecule has 74 valence electrons. The van der Waals surface area contributed by atoms with Gasteiger partial charge in [0.2, 0.25) is 5.89 Å². The fraction of sp³-hybridized carbons (Fsp3) is 0.750. The SMILES string of the molecule is NCCCc1nc(CCCO)no1. The summed E-state index contributed by atoms with van der Waals surface area (Å²) in [5.41, 5.74) is 5.34. The van der Waals surface area contributed by atoms with Crippen molar-refractivity contribution in [1.82, 2.24) is 10.1 Å². The van der Waals surface area contributed by atoms with Gasteiger partial charge in [-0.05, 0) is 19.4 Å². The Hall–Kier alpha value is -0.940.